The van der Waals surface area contributed by atoms with Gasteiger partial charge >= 0.3 is 5.69 Å². The third kappa shape index (κ3) is 2.09. The van der Waals surface area contributed by atoms with Crippen LogP contribution in [0.5, 0.6) is 0 Å². The van der Waals surface area contributed by atoms with Crippen molar-refractivity contribution in [1.82, 2.24) is 20.1 Å². The molecule has 2 N–H and O–H groups in total. The van der Waals surface area contributed by atoms with Crippen molar-refractivity contribution in [2.75, 3.05) is 7.05 Å². The summed E-state index contributed by atoms with van der Waals surface area (Å²) in [5.74, 6) is -1.19. The van der Waals surface area contributed by atoms with Crippen LogP contribution in [0.15, 0.2) is 23.0 Å². The van der Waals surface area contributed by atoms with E-state index in [2.05, 4.69) is 15.5 Å². The maximum atomic E-state index is 13.6. The Bertz CT molecular complexity index is 590. The molecule has 0 aliphatic rings. The van der Waals surface area contributed by atoms with Gasteiger partial charge < -0.3 is 5.32 Å². The van der Waals surface area contributed by atoms with E-state index in [-0.39, 0.29) is 12.2 Å². The van der Waals surface area contributed by atoms with Crippen LogP contribution in [-0.4, -0.2) is 21.8 Å². The molecule has 0 aliphatic carbocycles. The zero-order chi connectivity index (χ0) is 12.4. The van der Waals surface area contributed by atoms with E-state index in [4.69, 9.17) is 0 Å². The highest BCUT2D eigenvalue weighted by molar-refractivity contribution is 5.34. The lowest BCUT2D eigenvalue weighted by molar-refractivity contribution is 0.574. The summed E-state index contributed by atoms with van der Waals surface area (Å²) in [4.78, 5) is 11.5. The molecule has 0 bridgehead atoms. The Hall–Kier alpha value is -2.02. The summed E-state index contributed by atoms with van der Waals surface area (Å²) in [5, 5.41) is 8.77. The van der Waals surface area contributed by atoms with E-state index < -0.39 is 17.3 Å². The van der Waals surface area contributed by atoms with Gasteiger partial charge in [0.05, 0.1) is 12.2 Å². The Labute approximate surface area is 95.1 Å². The third-order valence-electron chi connectivity index (χ3n) is 2.23. The van der Waals surface area contributed by atoms with Crippen molar-refractivity contribution in [3.8, 4) is 5.69 Å². The molecule has 90 valence electrons. The van der Waals surface area contributed by atoms with Gasteiger partial charge in [-0.15, -0.1) is 0 Å². The smallest absolute Gasteiger partial charge is 0.313 e. The minimum atomic E-state index is -0.814. The van der Waals surface area contributed by atoms with E-state index in [9.17, 15) is 13.6 Å². The summed E-state index contributed by atoms with van der Waals surface area (Å²) in [5.41, 5.74) is -0.601. The normalized spacial score (nSPS) is 10.8. The van der Waals surface area contributed by atoms with Crippen molar-refractivity contribution in [3.05, 3.63) is 46.1 Å². The molecule has 2 aromatic rings. The maximum absolute atomic E-state index is 13.6. The molecule has 5 nitrogen and oxygen atoms in total. The average Bonchev–Trinajstić information content (AvgIpc) is 2.62. The molecule has 0 aliphatic heterocycles. The van der Waals surface area contributed by atoms with Crippen molar-refractivity contribution < 1.29 is 8.78 Å². The number of nitrogens with zero attached hydrogens (tertiary/aromatic N) is 2. The fraction of sp³-hybridized carbons (Fsp3) is 0.200. The van der Waals surface area contributed by atoms with Crippen LogP contribution in [0.2, 0.25) is 0 Å². The van der Waals surface area contributed by atoms with E-state index in [1.807, 2.05) is 0 Å². The highest BCUT2D eigenvalue weighted by Crippen LogP contribution is 2.13. The first-order valence-electron chi connectivity index (χ1n) is 4.90. The van der Waals surface area contributed by atoms with E-state index in [1.54, 1.807) is 7.05 Å². The van der Waals surface area contributed by atoms with E-state index in [0.29, 0.717) is 5.82 Å². The molecule has 0 saturated carbocycles. The number of aromatic amines is 1. The van der Waals surface area contributed by atoms with Crippen LogP contribution < -0.4 is 11.0 Å². The number of H-pyrrole nitrogens is 1. The van der Waals surface area contributed by atoms with Gasteiger partial charge in [-0.25, -0.2) is 23.2 Å². The Morgan fingerprint density at radius 3 is 2.88 bits per heavy atom. The fourth-order valence-electron chi connectivity index (χ4n) is 1.52. The van der Waals surface area contributed by atoms with Gasteiger partial charge in [-0.2, -0.15) is 5.10 Å². The van der Waals surface area contributed by atoms with Crippen LogP contribution in [-0.2, 0) is 6.54 Å². The van der Waals surface area contributed by atoms with Gasteiger partial charge in [0.1, 0.15) is 11.6 Å². The minimum Gasteiger partial charge on any atom is -0.313 e. The zero-order valence-electron chi connectivity index (χ0n) is 9.00. The Balaban J connectivity index is 2.59. The second-order valence-corrected chi connectivity index (χ2v) is 3.41. The highest BCUT2D eigenvalue weighted by atomic mass is 19.1. The average molecular weight is 240 g/mol. The first-order valence-corrected chi connectivity index (χ1v) is 4.90. The summed E-state index contributed by atoms with van der Waals surface area (Å²) in [7, 11) is 1.67. The molecule has 0 unspecified atom stereocenters. The second-order valence-electron chi connectivity index (χ2n) is 3.41. The molecule has 1 aromatic carbocycles. The molecule has 2 rings (SSSR count). The predicted molar refractivity (Wildman–Crippen MR) is 56.9 cm³/mol. The molecule has 0 saturated heterocycles. The molecule has 0 spiro atoms. The van der Waals surface area contributed by atoms with Crippen molar-refractivity contribution in [2.24, 2.45) is 0 Å². The van der Waals surface area contributed by atoms with Crippen molar-refractivity contribution in [1.29, 1.82) is 0 Å². The first kappa shape index (κ1) is 11.5. The van der Waals surface area contributed by atoms with Crippen molar-refractivity contribution in [3.63, 3.8) is 0 Å². The van der Waals surface area contributed by atoms with E-state index >= 15 is 0 Å². The lowest BCUT2D eigenvalue weighted by Gasteiger charge is -2.06. The Morgan fingerprint density at radius 1 is 1.47 bits per heavy atom. The van der Waals surface area contributed by atoms with Gasteiger partial charge in [0.15, 0.2) is 5.82 Å². The van der Waals surface area contributed by atoms with Gasteiger partial charge in [0.25, 0.3) is 0 Å². The summed E-state index contributed by atoms with van der Waals surface area (Å²) in [6.45, 7) is 0.287. The Kier molecular flexibility index (Phi) is 3.01. The number of benzene rings is 1. The lowest BCUT2D eigenvalue weighted by atomic mass is 10.3. The molecular weight excluding hydrogens is 230 g/mol. The van der Waals surface area contributed by atoms with Crippen LogP contribution >= 0.6 is 0 Å². The molecule has 0 fully saturated rings. The summed E-state index contributed by atoms with van der Waals surface area (Å²) < 4.78 is 27.4. The number of aromatic nitrogens is 3. The molecule has 0 amide bonds. The number of hydrogen-bond acceptors (Lipinski definition) is 3. The Morgan fingerprint density at radius 2 is 2.24 bits per heavy atom. The monoisotopic (exact) mass is 240 g/mol. The minimum absolute atomic E-state index is 0.0320. The summed E-state index contributed by atoms with van der Waals surface area (Å²) in [6, 6.07) is 3.00. The third-order valence-corrected chi connectivity index (χ3v) is 2.23. The fourth-order valence-corrected chi connectivity index (χ4v) is 1.52. The van der Waals surface area contributed by atoms with Crippen LogP contribution in [0.4, 0.5) is 8.78 Å². The van der Waals surface area contributed by atoms with Crippen molar-refractivity contribution >= 4 is 0 Å². The maximum Gasteiger partial charge on any atom is 0.348 e. The standard InChI is InChI=1S/C10H10F2N4O/c1-13-5-9-14-15-10(17)16(9)8-3-2-6(11)4-7(8)12/h2-4,13H,5H2,1H3,(H,15,17). The molecule has 0 atom stereocenters. The van der Waals surface area contributed by atoms with Crippen LogP contribution in [0, 0.1) is 11.6 Å². The van der Waals surface area contributed by atoms with Gasteiger partial charge in [-0.3, -0.25) is 0 Å². The van der Waals surface area contributed by atoms with E-state index in [0.717, 1.165) is 16.7 Å². The van der Waals surface area contributed by atoms with Gasteiger partial charge in [0, 0.05) is 6.07 Å². The van der Waals surface area contributed by atoms with Crippen LogP contribution in [0.3, 0.4) is 0 Å². The van der Waals surface area contributed by atoms with Gasteiger partial charge in [-0.05, 0) is 19.2 Å². The van der Waals surface area contributed by atoms with Crippen LogP contribution in [0.25, 0.3) is 5.69 Å². The molecule has 7 heteroatoms. The lowest BCUT2D eigenvalue weighted by Crippen LogP contribution is -2.20. The molecule has 17 heavy (non-hydrogen) atoms. The largest absolute Gasteiger partial charge is 0.348 e. The number of rotatable bonds is 3. The topological polar surface area (TPSA) is 62.7 Å². The second kappa shape index (κ2) is 4.46. The summed E-state index contributed by atoms with van der Waals surface area (Å²) in [6.07, 6.45) is 0. The highest BCUT2D eigenvalue weighted by Gasteiger charge is 2.13. The first-order chi connectivity index (χ1) is 8.13. The van der Waals surface area contributed by atoms with E-state index in [1.165, 1.54) is 6.07 Å². The molecule has 0 radical (unpaired) electrons. The molecular formula is C10H10F2N4O. The van der Waals surface area contributed by atoms with Gasteiger partial charge in [0.2, 0.25) is 0 Å². The molecule has 1 aromatic heterocycles. The van der Waals surface area contributed by atoms with Gasteiger partial charge in [-0.1, -0.05) is 0 Å². The number of halogens is 2. The zero-order valence-corrected chi connectivity index (χ0v) is 9.00. The van der Waals surface area contributed by atoms with Crippen molar-refractivity contribution in [2.45, 2.75) is 6.54 Å². The number of nitrogens with one attached hydrogen (secondary N) is 2. The summed E-state index contributed by atoms with van der Waals surface area (Å²) >= 11 is 0. The quantitative estimate of drug-likeness (QED) is 0.824. The molecule has 1 heterocycles. The van der Waals surface area contributed by atoms with Crippen LogP contribution in [0.1, 0.15) is 5.82 Å². The SMILES string of the molecule is CNCc1n[nH]c(=O)n1-c1ccc(F)cc1F. The number of hydrogen-bond donors (Lipinski definition) is 2. The predicted octanol–water partition coefficient (Wildman–Crippen LogP) is 0.558.